The predicted octanol–water partition coefficient (Wildman–Crippen LogP) is 3.32. The van der Waals surface area contributed by atoms with Crippen molar-refractivity contribution in [1.82, 2.24) is 4.98 Å². The molecular formula is C16H23N3O4. The molecule has 1 fully saturated rings. The summed E-state index contributed by atoms with van der Waals surface area (Å²) < 4.78 is 11.1. The summed E-state index contributed by atoms with van der Waals surface area (Å²) in [5, 5.41) is 5.23. The van der Waals surface area contributed by atoms with Crippen LogP contribution in [0.2, 0.25) is 0 Å². The van der Waals surface area contributed by atoms with Crippen LogP contribution in [0.4, 0.5) is 16.3 Å². The zero-order valence-electron chi connectivity index (χ0n) is 13.9. The maximum Gasteiger partial charge on any atom is 0.412 e. The molecule has 126 valence electrons. The van der Waals surface area contributed by atoms with E-state index in [2.05, 4.69) is 15.6 Å². The van der Waals surface area contributed by atoms with Crippen molar-refractivity contribution < 1.29 is 19.1 Å². The lowest BCUT2D eigenvalue weighted by atomic mass is 9.96. The van der Waals surface area contributed by atoms with Gasteiger partial charge in [0.05, 0.1) is 18.0 Å². The minimum Gasteiger partial charge on any atom is -0.487 e. The van der Waals surface area contributed by atoms with Crippen LogP contribution in [0.25, 0.3) is 0 Å². The molecule has 0 saturated heterocycles. The molecule has 2 rings (SSSR count). The van der Waals surface area contributed by atoms with Gasteiger partial charge in [-0.2, -0.15) is 0 Å². The SMILES string of the molecule is CC(=O)Nc1cc(NC(=O)OC(C)(C)C)c(OC2CCC2)cn1. The van der Waals surface area contributed by atoms with E-state index in [1.807, 2.05) is 0 Å². The van der Waals surface area contributed by atoms with E-state index >= 15 is 0 Å². The smallest absolute Gasteiger partial charge is 0.412 e. The van der Waals surface area contributed by atoms with Gasteiger partial charge in [-0.05, 0) is 40.0 Å². The number of pyridine rings is 1. The fourth-order valence-electron chi connectivity index (χ4n) is 1.96. The second kappa shape index (κ2) is 6.85. The first-order valence-electron chi connectivity index (χ1n) is 7.67. The average molecular weight is 321 g/mol. The number of aromatic nitrogens is 1. The summed E-state index contributed by atoms with van der Waals surface area (Å²) in [6, 6.07) is 1.55. The van der Waals surface area contributed by atoms with Gasteiger partial charge in [-0.25, -0.2) is 9.78 Å². The van der Waals surface area contributed by atoms with Crippen molar-refractivity contribution in [1.29, 1.82) is 0 Å². The van der Waals surface area contributed by atoms with Crippen molar-refractivity contribution in [2.75, 3.05) is 10.6 Å². The van der Waals surface area contributed by atoms with Gasteiger partial charge in [0.15, 0.2) is 5.75 Å². The standard InChI is InChI=1S/C16H23N3O4/c1-10(20)18-14-8-12(19-15(21)23-16(2,3)4)13(9-17-14)22-11-6-5-7-11/h8-9,11H,5-7H2,1-4H3,(H2,17,18,19,20,21). The number of ether oxygens (including phenoxy) is 2. The maximum atomic E-state index is 12.0. The third-order valence-electron chi connectivity index (χ3n) is 3.15. The van der Waals surface area contributed by atoms with Crippen LogP contribution in [-0.2, 0) is 9.53 Å². The van der Waals surface area contributed by atoms with Gasteiger partial charge in [0.25, 0.3) is 0 Å². The molecule has 7 heteroatoms. The van der Waals surface area contributed by atoms with E-state index < -0.39 is 11.7 Å². The Morgan fingerprint density at radius 3 is 2.48 bits per heavy atom. The Morgan fingerprint density at radius 2 is 1.96 bits per heavy atom. The van der Waals surface area contributed by atoms with Crippen LogP contribution in [0, 0.1) is 0 Å². The molecule has 0 aliphatic heterocycles. The second-order valence-electron chi connectivity index (χ2n) is 6.54. The zero-order valence-corrected chi connectivity index (χ0v) is 13.9. The van der Waals surface area contributed by atoms with Gasteiger partial charge in [-0.1, -0.05) is 0 Å². The second-order valence-corrected chi connectivity index (χ2v) is 6.54. The first-order chi connectivity index (χ1) is 10.7. The number of rotatable bonds is 4. The molecular weight excluding hydrogens is 298 g/mol. The van der Waals surface area contributed by atoms with Crippen LogP contribution in [-0.4, -0.2) is 28.7 Å². The third kappa shape index (κ3) is 5.43. The molecule has 0 spiro atoms. The minimum absolute atomic E-state index is 0.141. The van der Waals surface area contributed by atoms with Crippen LogP contribution in [0.1, 0.15) is 47.0 Å². The Balaban J connectivity index is 2.16. The number of anilines is 2. The number of nitrogens with zero attached hydrogens (tertiary/aromatic N) is 1. The van der Waals surface area contributed by atoms with E-state index in [4.69, 9.17) is 9.47 Å². The molecule has 2 amide bonds. The number of nitrogens with one attached hydrogen (secondary N) is 2. The molecule has 0 radical (unpaired) electrons. The maximum absolute atomic E-state index is 12.0. The Kier molecular flexibility index (Phi) is 5.08. The van der Waals surface area contributed by atoms with E-state index in [0.717, 1.165) is 19.3 Å². The van der Waals surface area contributed by atoms with Gasteiger partial charge in [0.1, 0.15) is 11.4 Å². The number of carbonyl (C=O) groups excluding carboxylic acids is 2. The lowest BCUT2D eigenvalue weighted by molar-refractivity contribution is -0.114. The number of carbonyl (C=O) groups is 2. The van der Waals surface area contributed by atoms with E-state index in [1.54, 1.807) is 26.8 Å². The van der Waals surface area contributed by atoms with Crippen molar-refractivity contribution >= 4 is 23.5 Å². The van der Waals surface area contributed by atoms with Crippen LogP contribution in [0.5, 0.6) is 5.75 Å². The Hall–Kier alpha value is -2.31. The largest absolute Gasteiger partial charge is 0.487 e. The summed E-state index contributed by atoms with van der Waals surface area (Å²) in [7, 11) is 0. The van der Waals surface area contributed by atoms with Gasteiger partial charge < -0.3 is 14.8 Å². The zero-order chi connectivity index (χ0) is 17.0. The Bertz CT molecular complexity index is 591. The van der Waals surface area contributed by atoms with Gasteiger partial charge in [0.2, 0.25) is 5.91 Å². The van der Waals surface area contributed by atoms with Gasteiger partial charge in [0, 0.05) is 13.0 Å². The molecule has 0 unspecified atom stereocenters. The van der Waals surface area contributed by atoms with Crippen molar-refractivity contribution in [3.63, 3.8) is 0 Å². The summed E-state index contributed by atoms with van der Waals surface area (Å²) in [5.74, 6) is 0.563. The average Bonchev–Trinajstić information content (AvgIpc) is 2.32. The molecule has 1 saturated carbocycles. The van der Waals surface area contributed by atoms with E-state index in [-0.39, 0.29) is 12.0 Å². The van der Waals surface area contributed by atoms with Crippen LogP contribution < -0.4 is 15.4 Å². The van der Waals surface area contributed by atoms with Crippen LogP contribution >= 0.6 is 0 Å². The molecule has 1 heterocycles. The lowest BCUT2D eigenvalue weighted by Gasteiger charge is -2.27. The van der Waals surface area contributed by atoms with Gasteiger partial charge in [-0.15, -0.1) is 0 Å². The first-order valence-corrected chi connectivity index (χ1v) is 7.67. The van der Waals surface area contributed by atoms with Crippen molar-refractivity contribution in [2.24, 2.45) is 0 Å². The monoisotopic (exact) mass is 321 g/mol. The highest BCUT2D eigenvalue weighted by atomic mass is 16.6. The van der Waals surface area contributed by atoms with Gasteiger partial charge >= 0.3 is 6.09 Å². The summed E-state index contributed by atoms with van der Waals surface area (Å²) in [5.41, 5.74) is -0.183. The summed E-state index contributed by atoms with van der Waals surface area (Å²) >= 11 is 0. The molecule has 1 aliphatic rings. The topological polar surface area (TPSA) is 89.6 Å². The van der Waals surface area contributed by atoms with Crippen LogP contribution in [0.3, 0.4) is 0 Å². The van der Waals surface area contributed by atoms with Crippen molar-refractivity contribution in [2.45, 2.75) is 58.7 Å². The minimum atomic E-state index is -0.605. The number of amides is 2. The number of hydrogen-bond donors (Lipinski definition) is 2. The Morgan fingerprint density at radius 1 is 1.26 bits per heavy atom. The quantitative estimate of drug-likeness (QED) is 0.888. The summed E-state index contributed by atoms with van der Waals surface area (Å²) in [6.07, 6.45) is 4.16. The fraction of sp³-hybridized carbons (Fsp3) is 0.562. The van der Waals surface area contributed by atoms with Gasteiger partial charge in [-0.3, -0.25) is 10.1 Å². The fourth-order valence-corrected chi connectivity index (χ4v) is 1.96. The molecule has 1 aromatic rings. The van der Waals surface area contributed by atoms with E-state index in [0.29, 0.717) is 17.3 Å². The number of hydrogen-bond acceptors (Lipinski definition) is 5. The highest BCUT2D eigenvalue weighted by Crippen LogP contribution is 2.32. The molecule has 7 nitrogen and oxygen atoms in total. The molecule has 23 heavy (non-hydrogen) atoms. The third-order valence-corrected chi connectivity index (χ3v) is 3.15. The molecule has 0 bridgehead atoms. The highest BCUT2D eigenvalue weighted by Gasteiger charge is 2.23. The molecule has 0 atom stereocenters. The van der Waals surface area contributed by atoms with Crippen molar-refractivity contribution in [3.8, 4) is 5.75 Å². The van der Waals surface area contributed by atoms with Crippen LogP contribution in [0.15, 0.2) is 12.3 Å². The molecule has 1 aliphatic carbocycles. The summed E-state index contributed by atoms with van der Waals surface area (Å²) in [4.78, 5) is 27.3. The van der Waals surface area contributed by atoms with E-state index in [1.165, 1.54) is 13.1 Å². The highest BCUT2D eigenvalue weighted by molar-refractivity contribution is 5.91. The summed E-state index contributed by atoms with van der Waals surface area (Å²) in [6.45, 7) is 6.75. The van der Waals surface area contributed by atoms with Crippen molar-refractivity contribution in [3.05, 3.63) is 12.3 Å². The molecule has 1 aromatic heterocycles. The molecule has 0 aromatic carbocycles. The molecule has 2 N–H and O–H groups in total. The normalized spacial score (nSPS) is 14.6. The predicted molar refractivity (Wildman–Crippen MR) is 86.7 cm³/mol. The lowest BCUT2D eigenvalue weighted by Crippen LogP contribution is -2.28. The Labute approximate surface area is 135 Å². The first kappa shape index (κ1) is 17.1. The van der Waals surface area contributed by atoms with E-state index in [9.17, 15) is 9.59 Å².